The quantitative estimate of drug-likeness (QED) is 0.594. The number of hydrogen-bond donors (Lipinski definition) is 2. The zero-order valence-electron chi connectivity index (χ0n) is 16.6. The van der Waals surface area contributed by atoms with Crippen molar-refractivity contribution in [2.75, 3.05) is 17.2 Å². The molecule has 0 radical (unpaired) electrons. The lowest BCUT2D eigenvalue weighted by atomic mass is 10.1. The molecule has 0 saturated carbocycles. The van der Waals surface area contributed by atoms with Crippen LogP contribution in [0.4, 0.5) is 11.4 Å². The number of nitrogens with one attached hydrogen (secondary N) is 2. The van der Waals surface area contributed by atoms with Gasteiger partial charge in [-0.25, -0.2) is 0 Å². The lowest BCUT2D eigenvalue weighted by Gasteiger charge is -2.12. The summed E-state index contributed by atoms with van der Waals surface area (Å²) in [4.78, 5) is 12.1. The molecule has 4 heteroatoms. The standard InChI is InChI=1S/C24H26N2O2/c1-17-6-4-8-21(12-17)26-24(27)16-28-22-9-5-7-20(14-22)15-25-23-13-18(2)10-11-19(23)3/h4-14,25H,15-16H2,1-3H3,(H,26,27). The highest BCUT2D eigenvalue weighted by molar-refractivity contribution is 5.91. The number of anilines is 2. The molecule has 144 valence electrons. The monoisotopic (exact) mass is 374 g/mol. The minimum Gasteiger partial charge on any atom is -0.484 e. The van der Waals surface area contributed by atoms with Crippen molar-refractivity contribution in [3.05, 3.63) is 89.0 Å². The molecule has 0 spiro atoms. The van der Waals surface area contributed by atoms with Gasteiger partial charge in [-0.2, -0.15) is 0 Å². The highest BCUT2D eigenvalue weighted by atomic mass is 16.5. The van der Waals surface area contributed by atoms with Crippen molar-refractivity contribution in [1.82, 2.24) is 0 Å². The van der Waals surface area contributed by atoms with E-state index in [4.69, 9.17) is 4.74 Å². The Morgan fingerprint density at radius 2 is 1.68 bits per heavy atom. The lowest BCUT2D eigenvalue weighted by Crippen LogP contribution is -2.20. The molecule has 0 aromatic heterocycles. The van der Waals surface area contributed by atoms with Crippen LogP contribution in [-0.2, 0) is 11.3 Å². The second kappa shape index (κ2) is 9.09. The molecule has 0 heterocycles. The third kappa shape index (κ3) is 5.61. The van der Waals surface area contributed by atoms with Crippen LogP contribution in [0.5, 0.6) is 5.75 Å². The van der Waals surface area contributed by atoms with Crippen molar-refractivity contribution >= 4 is 17.3 Å². The van der Waals surface area contributed by atoms with Crippen LogP contribution in [-0.4, -0.2) is 12.5 Å². The van der Waals surface area contributed by atoms with Gasteiger partial charge in [-0.15, -0.1) is 0 Å². The minimum atomic E-state index is -0.176. The second-order valence-corrected chi connectivity index (χ2v) is 7.03. The summed E-state index contributed by atoms with van der Waals surface area (Å²) < 4.78 is 5.67. The largest absolute Gasteiger partial charge is 0.484 e. The summed E-state index contributed by atoms with van der Waals surface area (Å²) in [5, 5.41) is 6.31. The predicted octanol–water partition coefficient (Wildman–Crippen LogP) is 5.24. The normalized spacial score (nSPS) is 10.4. The molecule has 0 atom stereocenters. The Kier molecular flexibility index (Phi) is 6.33. The molecule has 0 aliphatic heterocycles. The molecule has 0 unspecified atom stereocenters. The van der Waals surface area contributed by atoms with Gasteiger partial charge in [0, 0.05) is 17.9 Å². The summed E-state index contributed by atoms with van der Waals surface area (Å²) in [6.07, 6.45) is 0. The van der Waals surface area contributed by atoms with Gasteiger partial charge >= 0.3 is 0 Å². The Bertz CT molecular complexity index is 966. The Morgan fingerprint density at radius 1 is 0.893 bits per heavy atom. The maximum Gasteiger partial charge on any atom is 0.262 e. The van der Waals surface area contributed by atoms with Crippen LogP contribution in [0.1, 0.15) is 22.3 Å². The first-order valence-electron chi connectivity index (χ1n) is 9.39. The molecule has 0 aliphatic rings. The van der Waals surface area contributed by atoms with Gasteiger partial charge in [-0.1, -0.05) is 36.4 Å². The number of carbonyl (C=O) groups is 1. The summed E-state index contributed by atoms with van der Waals surface area (Å²) >= 11 is 0. The van der Waals surface area contributed by atoms with Gasteiger partial charge < -0.3 is 15.4 Å². The maximum absolute atomic E-state index is 12.1. The van der Waals surface area contributed by atoms with E-state index < -0.39 is 0 Å². The van der Waals surface area contributed by atoms with E-state index >= 15 is 0 Å². The number of hydrogen-bond acceptors (Lipinski definition) is 3. The SMILES string of the molecule is Cc1cccc(NC(=O)COc2cccc(CNc3cc(C)ccc3C)c2)c1. The first kappa shape index (κ1) is 19.5. The minimum absolute atomic E-state index is 0.0260. The van der Waals surface area contributed by atoms with E-state index in [0.29, 0.717) is 12.3 Å². The summed E-state index contributed by atoms with van der Waals surface area (Å²) in [6, 6.07) is 21.9. The topological polar surface area (TPSA) is 50.4 Å². The van der Waals surface area contributed by atoms with Crippen molar-refractivity contribution in [3.8, 4) is 5.75 Å². The van der Waals surface area contributed by atoms with Crippen LogP contribution in [0.3, 0.4) is 0 Å². The van der Waals surface area contributed by atoms with E-state index in [-0.39, 0.29) is 12.5 Å². The van der Waals surface area contributed by atoms with Crippen LogP contribution in [0.15, 0.2) is 66.7 Å². The van der Waals surface area contributed by atoms with Crippen molar-refractivity contribution in [3.63, 3.8) is 0 Å². The molecular formula is C24H26N2O2. The summed E-state index contributed by atoms with van der Waals surface area (Å²) in [5.41, 5.74) is 6.54. The zero-order chi connectivity index (χ0) is 19.9. The van der Waals surface area contributed by atoms with Crippen molar-refractivity contribution in [2.45, 2.75) is 27.3 Å². The van der Waals surface area contributed by atoms with Gasteiger partial charge in [0.25, 0.3) is 5.91 Å². The molecule has 0 fully saturated rings. The summed E-state index contributed by atoms with van der Waals surface area (Å²) in [7, 11) is 0. The van der Waals surface area contributed by atoms with Crippen LogP contribution in [0.25, 0.3) is 0 Å². The van der Waals surface area contributed by atoms with E-state index in [9.17, 15) is 4.79 Å². The smallest absolute Gasteiger partial charge is 0.262 e. The van der Waals surface area contributed by atoms with E-state index in [2.05, 4.69) is 42.7 Å². The molecule has 0 bridgehead atoms. The number of ether oxygens (including phenoxy) is 1. The first-order valence-corrected chi connectivity index (χ1v) is 9.39. The Labute approximate surface area is 166 Å². The van der Waals surface area contributed by atoms with Crippen LogP contribution in [0, 0.1) is 20.8 Å². The molecule has 1 amide bonds. The second-order valence-electron chi connectivity index (χ2n) is 7.03. The molecule has 4 nitrogen and oxygen atoms in total. The highest BCUT2D eigenvalue weighted by Gasteiger charge is 2.05. The molecule has 0 saturated heterocycles. The van der Waals surface area contributed by atoms with Crippen LogP contribution < -0.4 is 15.4 Å². The molecule has 0 aliphatic carbocycles. The number of amides is 1. The number of benzene rings is 3. The lowest BCUT2D eigenvalue weighted by molar-refractivity contribution is -0.118. The molecule has 2 N–H and O–H groups in total. The molecule has 3 rings (SSSR count). The van der Waals surface area contributed by atoms with Gasteiger partial charge in [0.05, 0.1) is 0 Å². The Hall–Kier alpha value is -3.27. The van der Waals surface area contributed by atoms with Gasteiger partial charge in [0.2, 0.25) is 0 Å². The van der Waals surface area contributed by atoms with E-state index in [1.807, 2.05) is 55.5 Å². The average molecular weight is 374 g/mol. The molecule has 28 heavy (non-hydrogen) atoms. The van der Waals surface area contributed by atoms with Gasteiger partial charge in [-0.05, 0) is 73.4 Å². The van der Waals surface area contributed by atoms with Gasteiger partial charge in [-0.3, -0.25) is 4.79 Å². The van der Waals surface area contributed by atoms with Crippen molar-refractivity contribution in [1.29, 1.82) is 0 Å². The Morgan fingerprint density at radius 3 is 2.50 bits per heavy atom. The van der Waals surface area contributed by atoms with Crippen LogP contribution >= 0.6 is 0 Å². The van der Waals surface area contributed by atoms with E-state index in [1.165, 1.54) is 11.1 Å². The summed E-state index contributed by atoms with van der Waals surface area (Å²) in [6.45, 7) is 6.83. The third-order valence-electron chi connectivity index (χ3n) is 4.45. The zero-order valence-corrected chi connectivity index (χ0v) is 16.6. The third-order valence-corrected chi connectivity index (χ3v) is 4.45. The van der Waals surface area contributed by atoms with E-state index in [0.717, 1.165) is 22.5 Å². The number of carbonyl (C=O) groups excluding carboxylic acids is 1. The number of aryl methyl sites for hydroxylation is 3. The fraction of sp³-hybridized carbons (Fsp3) is 0.208. The molecular weight excluding hydrogens is 348 g/mol. The maximum atomic E-state index is 12.1. The summed E-state index contributed by atoms with van der Waals surface area (Å²) in [5.74, 6) is 0.504. The van der Waals surface area contributed by atoms with Gasteiger partial charge in [0.15, 0.2) is 6.61 Å². The van der Waals surface area contributed by atoms with Crippen LogP contribution in [0.2, 0.25) is 0 Å². The first-order chi connectivity index (χ1) is 13.5. The predicted molar refractivity (Wildman–Crippen MR) is 115 cm³/mol. The molecule has 3 aromatic carbocycles. The van der Waals surface area contributed by atoms with Gasteiger partial charge in [0.1, 0.15) is 5.75 Å². The highest BCUT2D eigenvalue weighted by Crippen LogP contribution is 2.19. The molecule has 3 aromatic rings. The fourth-order valence-electron chi connectivity index (χ4n) is 2.94. The Balaban J connectivity index is 1.54. The fourth-order valence-corrected chi connectivity index (χ4v) is 2.94. The van der Waals surface area contributed by atoms with E-state index in [1.54, 1.807) is 0 Å². The number of rotatable bonds is 7. The average Bonchev–Trinajstić information content (AvgIpc) is 2.67. The van der Waals surface area contributed by atoms with Crippen molar-refractivity contribution in [2.24, 2.45) is 0 Å². The van der Waals surface area contributed by atoms with Crippen molar-refractivity contribution < 1.29 is 9.53 Å².